The zero-order valence-electron chi connectivity index (χ0n) is 13.8. The van der Waals surface area contributed by atoms with Crippen LogP contribution >= 0.6 is 0 Å². The van der Waals surface area contributed by atoms with Crippen molar-refractivity contribution in [3.8, 4) is 0 Å². The van der Waals surface area contributed by atoms with E-state index in [1.165, 1.54) is 6.20 Å². The van der Waals surface area contributed by atoms with E-state index in [2.05, 4.69) is 10.2 Å². The topological polar surface area (TPSA) is 99.0 Å². The van der Waals surface area contributed by atoms with Crippen LogP contribution in [0.1, 0.15) is 33.3 Å². The molecule has 0 aliphatic carbocycles. The van der Waals surface area contributed by atoms with E-state index in [0.717, 1.165) is 17.3 Å². The van der Waals surface area contributed by atoms with Crippen LogP contribution in [-0.4, -0.2) is 49.4 Å². The Morgan fingerprint density at radius 3 is 2.84 bits per heavy atom. The second kappa shape index (κ2) is 5.73. The van der Waals surface area contributed by atoms with Crippen molar-refractivity contribution in [3.05, 3.63) is 47.9 Å². The zero-order valence-corrected chi connectivity index (χ0v) is 13.8. The Morgan fingerprint density at radius 1 is 1.28 bits per heavy atom. The smallest absolute Gasteiger partial charge is 0.275 e. The number of rotatable bonds is 3. The highest BCUT2D eigenvalue weighted by molar-refractivity contribution is 6.04. The number of carbonyl (C=O) groups excluding carboxylic acids is 2. The summed E-state index contributed by atoms with van der Waals surface area (Å²) in [4.78, 5) is 25.9. The second-order valence-electron chi connectivity index (χ2n) is 6.26. The van der Waals surface area contributed by atoms with Gasteiger partial charge >= 0.3 is 0 Å². The van der Waals surface area contributed by atoms with Gasteiger partial charge in [0.2, 0.25) is 0 Å². The van der Waals surface area contributed by atoms with E-state index >= 15 is 0 Å². The second-order valence-corrected chi connectivity index (χ2v) is 6.26. The molecule has 1 saturated heterocycles. The third-order valence-corrected chi connectivity index (χ3v) is 4.67. The van der Waals surface area contributed by atoms with Crippen molar-refractivity contribution < 1.29 is 9.59 Å². The van der Waals surface area contributed by atoms with Crippen molar-refractivity contribution in [1.82, 2.24) is 24.5 Å². The van der Waals surface area contributed by atoms with E-state index in [0.29, 0.717) is 24.3 Å². The number of carbonyl (C=O) groups is 2. The van der Waals surface area contributed by atoms with Crippen LogP contribution in [0.5, 0.6) is 0 Å². The number of likely N-dealkylation sites (tertiary alicyclic amines) is 1. The quantitative estimate of drug-likeness (QED) is 0.769. The van der Waals surface area contributed by atoms with Crippen molar-refractivity contribution in [3.63, 3.8) is 0 Å². The first kappa shape index (κ1) is 15.4. The molecule has 2 aromatic heterocycles. The first-order chi connectivity index (χ1) is 12.0. The van der Waals surface area contributed by atoms with Gasteiger partial charge in [-0.05, 0) is 12.5 Å². The highest BCUT2D eigenvalue weighted by atomic mass is 16.2. The molecule has 128 valence electrons. The van der Waals surface area contributed by atoms with Crippen molar-refractivity contribution in [2.45, 2.75) is 12.5 Å². The molecule has 3 aromatic rings. The summed E-state index contributed by atoms with van der Waals surface area (Å²) >= 11 is 0. The minimum absolute atomic E-state index is 0.0343. The average Bonchev–Trinajstić information content (AvgIpc) is 3.33. The Bertz CT molecular complexity index is 973. The Labute approximate surface area is 143 Å². The Morgan fingerprint density at radius 2 is 2.08 bits per heavy atom. The predicted molar refractivity (Wildman–Crippen MR) is 91.0 cm³/mol. The molecule has 0 radical (unpaired) electrons. The normalized spacial score (nSPS) is 17.3. The zero-order chi connectivity index (χ0) is 17.6. The monoisotopic (exact) mass is 338 g/mol. The molecule has 1 aromatic carbocycles. The lowest BCUT2D eigenvalue weighted by Crippen LogP contribution is -2.29. The molecule has 1 aliphatic heterocycles. The number of primary amides is 1. The van der Waals surface area contributed by atoms with Crippen molar-refractivity contribution >= 4 is 22.7 Å². The maximum absolute atomic E-state index is 12.9. The molecule has 0 saturated carbocycles. The molecule has 3 heterocycles. The number of benzene rings is 1. The van der Waals surface area contributed by atoms with Gasteiger partial charge in [0.1, 0.15) is 0 Å². The molecule has 2 amide bonds. The van der Waals surface area contributed by atoms with Crippen LogP contribution in [0.2, 0.25) is 0 Å². The van der Waals surface area contributed by atoms with Gasteiger partial charge in [-0.1, -0.05) is 18.2 Å². The van der Waals surface area contributed by atoms with Gasteiger partial charge in [0.25, 0.3) is 11.8 Å². The fourth-order valence-corrected chi connectivity index (χ4v) is 3.33. The maximum Gasteiger partial charge on any atom is 0.275 e. The minimum Gasteiger partial charge on any atom is -0.366 e. The third kappa shape index (κ3) is 2.55. The van der Waals surface area contributed by atoms with Gasteiger partial charge < -0.3 is 10.6 Å². The molecule has 0 bridgehead atoms. The SMILES string of the molecule is Cn1nc(C(=O)N2CCC(n3cc(C(N)=O)cn3)C2)c2ccccc21. The molecule has 0 spiro atoms. The molecule has 1 atom stereocenters. The molecule has 8 heteroatoms. The molecule has 1 unspecified atom stereocenters. The molecular weight excluding hydrogens is 320 g/mol. The molecular formula is C17H18N6O2. The van der Waals surface area contributed by atoms with Gasteiger partial charge in [0.05, 0.1) is 23.3 Å². The van der Waals surface area contributed by atoms with Gasteiger partial charge in [0.15, 0.2) is 5.69 Å². The highest BCUT2D eigenvalue weighted by Gasteiger charge is 2.31. The van der Waals surface area contributed by atoms with E-state index in [9.17, 15) is 9.59 Å². The summed E-state index contributed by atoms with van der Waals surface area (Å²) in [5.74, 6) is -0.585. The summed E-state index contributed by atoms with van der Waals surface area (Å²) in [6, 6.07) is 7.73. The number of nitrogens with two attached hydrogens (primary N) is 1. The molecule has 1 fully saturated rings. The number of fused-ring (bicyclic) bond motifs is 1. The first-order valence-corrected chi connectivity index (χ1v) is 8.09. The van der Waals surface area contributed by atoms with Crippen molar-refractivity contribution in [2.75, 3.05) is 13.1 Å². The van der Waals surface area contributed by atoms with E-state index in [1.807, 2.05) is 31.3 Å². The van der Waals surface area contributed by atoms with Crippen LogP contribution in [0.15, 0.2) is 36.7 Å². The van der Waals surface area contributed by atoms with Crippen molar-refractivity contribution in [2.24, 2.45) is 12.8 Å². The van der Waals surface area contributed by atoms with Gasteiger partial charge in [-0.3, -0.25) is 19.0 Å². The van der Waals surface area contributed by atoms with Crippen LogP contribution in [0.4, 0.5) is 0 Å². The van der Waals surface area contributed by atoms with E-state index in [4.69, 9.17) is 5.73 Å². The van der Waals surface area contributed by atoms with Crippen LogP contribution in [0, 0.1) is 0 Å². The fraction of sp³-hybridized carbons (Fsp3) is 0.294. The number of para-hydroxylation sites is 1. The number of hydrogen-bond acceptors (Lipinski definition) is 4. The van der Waals surface area contributed by atoms with Crippen LogP contribution < -0.4 is 5.73 Å². The summed E-state index contributed by atoms with van der Waals surface area (Å²) in [6.07, 6.45) is 3.87. The molecule has 4 rings (SSSR count). The standard InChI is InChI=1S/C17H18N6O2/c1-21-14-5-3-2-4-13(14)15(20-21)17(25)22-7-6-12(10-22)23-9-11(8-19-23)16(18)24/h2-5,8-9,12H,6-7,10H2,1H3,(H2,18,24). The first-order valence-electron chi connectivity index (χ1n) is 8.09. The summed E-state index contributed by atoms with van der Waals surface area (Å²) in [5.41, 5.74) is 7.04. The summed E-state index contributed by atoms with van der Waals surface area (Å²) in [7, 11) is 1.83. The number of aromatic nitrogens is 4. The molecule has 1 aliphatic rings. The number of aryl methyl sites for hydroxylation is 1. The third-order valence-electron chi connectivity index (χ3n) is 4.67. The molecule has 8 nitrogen and oxygen atoms in total. The van der Waals surface area contributed by atoms with Gasteiger partial charge in [0, 0.05) is 31.7 Å². The van der Waals surface area contributed by atoms with Gasteiger partial charge in [-0.25, -0.2) is 0 Å². The Hall–Kier alpha value is -3.16. The number of nitrogens with zero attached hydrogens (tertiary/aromatic N) is 5. The Kier molecular flexibility index (Phi) is 3.52. The fourth-order valence-electron chi connectivity index (χ4n) is 3.33. The Balaban J connectivity index is 1.56. The van der Waals surface area contributed by atoms with E-state index < -0.39 is 5.91 Å². The number of hydrogen-bond donors (Lipinski definition) is 1. The largest absolute Gasteiger partial charge is 0.366 e. The van der Waals surface area contributed by atoms with E-state index in [-0.39, 0.29) is 11.9 Å². The lowest BCUT2D eigenvalue weighted by molar-refractivity contribution is 0.0782. The lowest BCUT2D eigenvalue weighted by atomic mass is 10.2. The van der Waals surface area contributed by atoms with Crippen LogP contribution in [0.3, 0.4) is 0 Å². The summed E-state index contributed by atoms with van der Waals surface area (Å²) in [5, 5.41) is 9.45. The molecule has 2 N–H and O–H groups in total. The van der Waals surface area contributed by atoms with Crippen LogP contribution in [0.25, 0.3) is 10.9 Å². The number of amides is 2. The highest BCUT2D eigenvalue weighted by Crippen LogP contribution is 2.25. The van der Waals surface area contributed by atoms with Gasteiger partial charge in [-0.2, -0.15) is 10.2 Å². The summed E-state index contributed by atoms with van der Waals surface area (Å²) < 4.78 is 3.44. The van der Waals surface area contributed by atoms with Crippen molar-refractivity contribution in [1.29, 1.82) is 0 Å². The predicted octanol–water partition coefficient (Wildman–Crippen LogP) is 0.956. The average molecular weight is 338 g/mol. The van der Waals surface area contributed by atoms with Gasteiger partial charge in [-0.15, -0.1) is 0 Å². The maximum atomic E-state index is 12.9. The minimum atomic E-state index is -0.503. The lowest BCUT2D eigenvalue weighted by Gasteiger charge is -2.15. The van der Waals surface area contributed by atoms with Crippen LogP contribution in [-0.2, 0) is 7.05 Å². The molecule has 25 heavy (non-hydrogen) atoms. The van der Waals surface area contributed by atoms with E-state index in [1.54, 1.807) is 20.5 Å². The summed E-state index contributed by atoms with van der Waals surface area (Å²) in [6.45, 7) is 1.16.